The van der Waals surface area contributed by atoms with E-state index in [0.717, 1.165) is 45.3 Å². The summed E-state index contributed by atoms with van der Waals surface area (Å²) in [5.41, 5.74) is 5.82. The number of amides is 1. The molecule has 0 spiro atoms. The van der Waals surface area contributed by atoms with Crippen LogP contribution in [0.1, 0.15) is 64.7 Å². The molecule has 122 valence electrons. The Kier molecular flexibility index (Phi) is 9.66. The van der Waals surface area contributed by atoms with E-state index < -0.39 is 0 Å². The number of likely N-dealkylation sites (tertiary alicyclic amines) is 1. The van der Waals surface area contributed by atoms with Crippen LogP contribution in [0.5, 0.6) is 0 Å². The second-order valence-corrected chi connectivity index (χ2v) is 5.80. The van der Waals surface area contributed by atoms with Gasteiger partial charge in [-0.15, -0.1) is 0 Å². The molecule has 1 heterocycles. The Morgan fingerprint density at radius 1 is 1.24 bits per heavy atom. The second kappa shape index (κ2) is 11.4. The molecule has 21 heavy (non-hydrogen) atoms. The van der Waals surface area contributed by atoms with Crippen molar-refractivity contribution in [3.05, 3.63) is 0 Å². The first-order valence-corrected chi connectivity index (χ1v) is 8.55. The summed E-state index contributed by atoms with van der Waals surface area (Å²) < 4.78 is 0. The smallest absolute Gasteiger partial charge is 0.222 e. The van der Waals surface area contributed by atoms with Crippen LogP contribution >= 0.6 is 0 Å². The van der Waals surface area contributed by atoms with Crippen molar-refractivity contribution in [1.82, 2.24) is 10.2 Å². The van der Waals surface area contributed by atoms with Crippen molar-refractivity contribution in [3.63, 3.8) is 0 Å². The first kappa shape index (κ1) is 17.8. The van der Waals surface area contributed by atoms with Gasteiger partial charge in [-0.25, -0.2) is 0 Å². The molecule has 0 saturated carbocycles. The van der Waals surface area contributed by atoms with Gasteiger partial charge in [0.1, 0.15) is 0 Å². The Balaban J connectivity index is 2.08. The van der Waals surface area contributed by atoms with Gasteiger partial charge >= 0.3 is 0 Å². The highest BCUT2D eigenvalue weighted by Gasteiger charge is 2.15. The van der Waals surface area contributed by atoms with E-state index in [1.54, 1.807) is 0 Å². The lowest BCUT2D eigenvalue weighted by atomic mass is 10.2. The van der Waals surface area contributed by atoms with Gasteiger partial charge in [0.15, 0.2) is 5.96 Å². The van der Waals surface area contributed by atoms with Crippen molar-refractivity contribution in [1.29, 1.82) is 0 Å². The Morgan fingerprint density at radius 2 is 2.10 bits per heavy atom. The van der Waals surface area contributed by atoms with E-state index in [2.05, 4.69) is 17.2 Å². The zero-order valence-electron chi connectivity index (χ0n) is 13.6. The standard InChI is InChI=1S/C16H32N4O/c1-2-3-4-7-11-18-16(17)19-12-9-14-20-13-8-5-6-10-15(20)21/h2-14H2,1H3,(H3,17,18,19). The average molecular weight is 296 g/mol. The number of carbonyl (C=O) groups excluding carboxylic acids is 1. The monoisotopic (exact) mass is 296 g/mol. The average Bonchev–Trinajstić information content (AvgIpc) is 2.68. The zero-order valence-corrected chi connectivity index (χ0v) is 13.6. The fourth-order valence-corrected chi connectivity index (χ4v) is 2.56. The fraction of sp³-hybridized carbons (Fsp3) is 0.875. The number of nitrogens with zero attached hydrogens (tertiary/aromatic N) is 2. The number of carbonyl (C=O) groups is 1. The minimum absolute atomic E-state index is 0.304. The van der Waals surface area contributed by atoms with Crippen LogP contribution in [0, 0.1) is 0 Å². The molecular weight excluding hydrogens is 264 g/mol. The number of rotatable bonds is 9. The van der Waals surface area contributed by atoms with Gasteiger partial charge in [0, 0.05) is 32.6 Å². The van der Waals surface area contributed by atoms with E-state index in [0.29, 0.717) is 24.8 Å². The van der Waals surface area contributed by atoms with E-state index in [9.17, 15) is 4.79 Å². The molecule has 3 N–H and O–H groups in total. The second-order valence-electron chi connectivity index (χ2n) is 5.80. The van der Waals surface area contributed by atoms with E-state index in [1.165, 1.54) is 25.7 Å². The Hall–Kier alpha value is -1.26. The molecule has 1 saturated heterocycles. The maximum Gasteiger partial charge on any atom is 0.222 e. The summed E-state index contributed by atoms with van der Waals surface area (Å²) in [5.74, 6) is 0.840. The zero-order chi connectivity index (χ0) is 15.3. The molecule has 0 unspecified atom stereocenters. The third-order valence-electron chi connectivity index (χ3n) is 3.88. The number of hydrogen-bond acceptors (Lipinski definition) is 2. The van der Waals surface area contributed by atoms with Crippen molar-refractivity contribution in [3.8, 4) is 0 Å². The topological polar surface area (TPSA) is 70.7 Å². The van der Waals surface area contributed by atoms with Gasteiger partial charge in [-0.2, -0.15) is 0 Å². The number of aliphatic imine (C=N–C) groups is 1. The van der Waals surface area contributed by atoms with Gasteiger partial charge in [-0.1, -0.05) is 32.6 Å². The van der Waals surface area contributed by atoms with Crippen molar-refractivity contribution in [2.75, 3.05) is 26.2 Å². The molecule has 5 nitrogen and oxygen atoms in total. The molecule has 0 aromatic carbocycles. The summed E-state index contributed by atoms with van der Waals surface area (Å²) >= 11 is 0. The number of nitrogens with two attached hydrogens (primary N) is 1. The summed E-state index contributed by atoms with van der Waals surface area (Å²) in [4.78, 5) is 18.1. The summed E-state index contributed by atoms with van der Waals surface area (Å²) in [5, 5.41) is 3.15. The normalized spacial score (nSPS) is 16.9. The fourth-order valence-electron chi connectivity index (χ4n) is 2.56. The third kappa shape index (κ3) is 8.58. The highest BCUT2D eigenvalue weighted by molar-refractivity contribution is 5.77. The minimum atomic E-state index is 0.304. The van der Waals surface area contributed by atoms with Crippen LogP contribution in [0.15, 0.2) is 4.99 Å². The van der Waals surface area contributed by atoms with E-state index in [1.807, 2.05) is 4.90 Å². The van der Waals surface area contributed by atoms with Crippen LogP contribution in [0.25, 0.3) is 0 Å². The van der Waals surface area contributed by atoms with E-state index in [-0.39, 0.29) is 0 Å². The summed E-state index contributed by atoms with van der Waals surface area (Å²) in [6.07, 6.45) is 9.88. The highest BCUT2D eigenvalue weighted by atomic mass is 16.2. The molecule has 1 aliphatic heterocycles. The number of hydrogen-bond donors (Lipinski definition) is 2. The molecule has 1 rings (SSSR count). The van der Waals surface area contributed by atoms with Gasteiger partial charge in [-0.3, -0.25) is 9.79 Å². The van der Waals surface area contributed by atoms with Gasteiger partial charge in [0.25, 0.3) is 0 Å². The van der Waals surface area contributed by atoms with Gasteiger partial charge in [-0.05, 0) is 25.7 Å². The first-order valence-electron chi connectivity index (χ1n) is 8.55. The summed E-state index contributed by atoms with van der Waals surface area (Å²) in [6, 6.07) is 0. The maximum absolute atomic E-state index is 11.8. The number of nitrogens with one attached hydrogen (secondary N) is 1. The van der Waals surface area contributed by atoms with Crippen LogP contribution in [-0.4, -0.2) is 42.9 Å². The van der Waals surface area contributed by atoms with Crippen LogP contribution in [0.2, 0.25) is 0 Å². The van der Waals surface area contributed by atoms with Gasteiger partial charge in [0.2, 0.25) is 5.91 Å². The SMILES string of the molecule is CCCCCCNC(N)=NCCCN1CCCCCC1=O. The summed E-state index contributed by atoms with van der Waals surface area (Å²) in [6.45, 7) is 5.52. The minimum Gasteiger partial charge on any atom is -0.370 e. The van der Waals surface area contributed by atoms with Crippen molar-refractivity contribution < 1.29 is 4.79 Å². The lowest BCUT2D eigenvalue weighted by Crippen LogP contribution is -2.33. The summed E-state index contributed by atoms with van der Waals surface area (Å²) in [7, 11) is 0. The Bertz CT molecular complexity index is 317. The molecule has 0 aromatic rings. The van der Waals surface area contributed by atoms with Gasteiger partial charge < -0.3 is 16.0 Å². The first-order chi connectivity index (χ1) is 10.2. The van der Waals surface area contributed by atoms with Crippen LogP contribution in [0.3, 0.4) is 0 Å². The quantitative estimate of drug-likeness (QED) is 0.389. The predicted molar refractivity (Wildman–Crippen MR) is 88.3 cm³/mol. The molecule has 5 heteroatoms. The molecule has 1 aliphatic rings. The van der Waals surface area contributed by atoms with E-state index in [4.69, 9.17) is 5.73 Å². The Morgan fingerprint density at radius 3 is 2.90 bits per heavy atom. The molecule has 0 radical (unpaired) electrons. The number of guanidine groups is 1. The Labute approximate surface area is 129 Å². The van der Waals surface area contributed by atoms with Crippen molar-refractivity contribution in [2.45, 2.75) is 64.7 Å². The lowest BCUT2D eigenvalue weighted by molar-refractivity contribution is -0.130. The lowest BCUT2D eigenvalue weighted by Gasteiger charge is -2.19. The molecule has 1 amide bonds. The molecule has 1 fully saturated rings. The maximum atomic E-state index is 11.8. The predicted octanol–water partition coefficient (Wildman–Crippen LogP) is 2.26. The van der Waals surface area contributed by atoms with Crippen LogP contribution in [-0.2, 0) is 4.79 Å². The van der Waals surface area contributed by atoms with Crippen molar-refractivity contribution in [2.24, 2.45) is 10.7 Å². The molecular formula is C16H32N4O. The molecule has 0 aromatic heterocycles. The van der Waals surface area contributed by atoms with E-state index >= 15 is 0 Å². The molecule has 0 atom stereocenters. The third-order valence-corrected chi connectivity index (χ3v) is 3.88. The number of unbranched alkanes of at least 4 members (excludes halogenated alkanes) is 3. The van der Waals surface area contributed by atoms with Crippen molar-refractivity contribution >= 4 is 11.9 Å². The molecule has 0 bridgehead atoms. The van der Waals surface area contributed by atoms with Crippen LogP contribution in [0.4, 0.5) is 0 Å². The van der Waals surface area contributed by atoms with Gasteiger partial charge in [0.05, 0.1) is 0 Å². The highest BCUT2D eigenvalue weighted by Crippen LogP contribution is 2.11. The largest absolute Gasteiger partial charge is 0.370 e. The molecule has 0 aliphatic carbocycles. The van der Waals surface area contributed by atoms with Crippen LogP contribution < -0.4 is 11.1 Å².